The van der Waals surface area contributed by atoms with Crippen molar-refractivity contribution in [3.63, 3.8) is 0 Å². The zero-order valence-corrected chi connectivity index (χ0v) is 15.8. The quantitative estimate of drug-likeness (QED) is 0.729. The van der Waals surface area contributed by atoms with E-state index in [0.717, 1.165) is 48.8 Å². The third kappa shape index (κ3) is 4.16. The van der Waals surface area contributed by atoms with E-state index in [-0.39, 0.29) is 11.6 Å². The Labute approximate surface area is 163 Å². The van der Waals surface area contributed by atoms with Crippen LogP contribution in [0.3, 0.4) is 0 Å². The maximum Gasteiger partial charge on any atom is 0.273 e. The van der Waals surface area contributed by atoms with E-state index in [1.165, 1.54) is 6.42 Å². The van der Waals surface area contributed by atoms with E-state index in [2.05, 4.69) is 30.3 Å². The van der Waals surface area contributed by atoms with Gasteiger partial charge in [0.15, 0.2) is 11.5 Å². The van der Waals surface area contributed by atoms with Crippen LogP contribution in [-0.2, 0) is 6.54 Å². The second-order valence-electron chi connectivity index (χ2n) is 6.85. The van der Waals surface area contributed by atoms with E-state index in [0.29, 0.717) is 12.3 Å². The van der Waals surface area contributed by atoms with E-state index in [1.807, 2.05) is 19.1 Å². The first-order valence-corrected chi connectivity index (χ1v) is 9.44. The number of carbonyl (C=O) groups excluding carboxylic acids is 1. The maximum atomic E-state index is 12.4. The van der Waals surface area contributed by atoms with Gasteiger partial charge in [-0.05, 0) is 44.4 Å². The molecule has 1 N–H and O–H groups in total. The van der Waals surface area contributed by atoms with Crippen molar-refractivity contribution in [3.05, 3.63) is 53.7 Å². The SMILES string of the molecule is Cc1cc(CNC(=O)c2cc(-c3cccnc3)on2)nc(N2CCCCC2)n1. The summed E-state index contributed by atoms with van der Waals surface area (Å²) in [5.41, 5.74) is 2.66. The molecule has 1 aliphatic rings. The Morgan fingerprint density at radius 2 is 2.07 bits per heavy atom. The van der Waals surface area contributed by atoms with Crippen LogP contribution in [0.25, 0.3) is 11.3 Å². The molecule has 4 heterocycles. The average Bonchev–Trinajstić information content (AvgIpc) is 3.23. The van der Waals surface area contributed by atoms with Gasteiger partial charge in [-0.15, -0.1) is 0 Å². The summed E-state index contributed by atoms with van der Waals surface area (Å²) in [6, 6.07) is 7.14. The molecule has 3 aromatic rings. The standard InChI is InChI=1S/C20H22N6O2/c1-14-10-16(24-20(23-14)26-8-3-2-4-9-26)13-22-19(27)17-11-18(28-25-17)15-6-5-7-21-12-15/h5-7,10-12H,2-4,8-9,13H2,1H3,(H,22,27). The van der Waals surface area contributed by atoms with E-state index >= 15 is 0 Å². The second-order valence-corrected chi connectivity index (χ2v) is 6.85. The highest BCUT2D eigenvalue weighted by Gasteiger charge is 2.16. The lowest BCUT2D eigenvalue weighted by atomic mass is 10.1. The van der Waals surface area contributed by atoms with Crippen molar-refractivity contribution in [2.24, 2.45) is 0 Å². The average molecular weight is 378 g/mol. The highest BCUT2D eigenvalue weighted by Crippen LogP contribution is 2.19. The number of piperidine rings is 1. The fourth-order valence-corrected chi connectivity index (χ4v) is 3.23. The van der Waals surface area contributed by atoms with Crippen molar-refractivity contribution < 1.29 is 9.32 Å². The van der Waals surface area contributed by atoms with E-state index in [9.17, 15) is 4.79 Å². The first-order chi connectivity index (χ1) is 13.7. The van der Waals surface area contributed by atoms with Crippen LogP contribution < -0.4 is 10.2 Å². The molecule has 0 radical (unpaired) electrons. The number of rotatable bonds is 5. The maximum absolute atomic E-state index is 12.4. The van der Waals surface area contributed by atoms with Crippen molar-refractivity contribution >= 4 is 11.9 Å². The van der Waals surface area contributed by atoms with Crippen LogP contribution in [-0.4, -0.2) is 39.1 Å². The summed E-state index contributed by atoms with van der Waals surface area (Å²) in [4.78, 5) is 27.9. The zero-order valence-electron chi connectivity index (χ0n) is 15.8. The smallest absolute Gasteiger partial charge is 0.273 e. The number of aryl methyl sites for hydroxylation is 1. The minimum atomic E-state index is -0.310. The molecule has 0 unspecified atom stereocenters. The van der Waals surface area contributed by atoms with Gasteiger partial charge in [0, 0.05) is 42.8 Å². The number of hydrogen-bond donors (Lipinski definition) is 1. The largest absolute Gasteiger partial charge is 0.355 e. The van der Waals surface area contributed by atoms with Crippen LogP contribution in [0.15, 0.2) is 41.2 Å². The van der Waals surface area contributed by atoms with Gasteiger partial charge in [0.2, 0.25) is 5.95 Å². The summed E-state index contributed by atoms with van der Waals surface area (Å²) in [6.07, 6.45) is 6.91. The molecule has 1 amide bonds. The molecule has 1 saturated heterocycles. The topological polar surface area (TPSA) is 97.0 Å². The fourth-order valence-electron chi connectivity index (χ4n) is 3.23. The fraction of sp³-hybridized carbons (Fsp3) is 0.350. The molecule has 4 rings (SSSR count). The number of nitrogens with zero attached hydrogens (tertiary/aromatic N) is 5. The lowest BCUT2D eigenvalue weighted by Crippen LogP contribution is -2.32. The Morgan fingerprint density at radius 3 is 2.86 bits per heavy atom. The van der Waals surface area contributed by atoms with Crippen LogP contribution in [0.1, 0.15) is 41.1 Å². The molecule has 0 aromatic carbocycles. The lowest BCUT2D eigenvalue weighted by molar-refractivity contribution is 0.0941. The number of carbonyl (C=O) groups is 1. The molecule has 0 aliphatic carbocycles. The lowest BCUT2D eigenvalue weighted by Gasteiger charge is -2.27. The minimum Gasteiger partial charge on any atom is -0.355 e. The molecule has 0 saturated carbocycles. The molecule has 1 aliphatic heterocycles. The summed E-state index contributed by atoms with van der Waals surface area (Å²) in [6.45, 7) is 4.20. The molecular weight excluding hydrogens is 356 g/mol. The number of aromatic nitrogens is 4. The van der Waals surface area contributed by atoms with E-state index in [1.54, 1.807) is 24.5 Å². The van der Waals surface area contributed by atoms with Crippen molar-refractivity contribution in [2.45, 2.75) is 32.7 Å². The summed E-state index contributed by atoms with van der Waals surface area (Å²) in [5.74, 6) is 0.933. The van der Waals surface area contributed by atoms with Crippen LogP contribution in [0.5, 0.6) is 0 Å². The van der Waals surface area contributed by atoms with Crippen LogP contribution in [0, 0.1) is 6.92 Å². The summed E-state index contributed by atoms with van der Waals surface area (Å²) >= 11 is 0. The Kier molecular flexibility index (Phi) is 5.27. The van der Waals surface area contributed by atoms with Gasteiger partial charge in [-0.2, -0.15) is 0 Å². The second kappa shape index (κ2) is 8.16. The van der Waals surface area contributed by atoms with Crippen LogP contribution in [0.4, 0.5) is 5.95 Å². The normalized spacial score (nSPS) is 14.1. The number of nitrogens with one attached hydrogen (secondary N) is 1. The molecule has 0 spiro atoms. The molecule has 8 heteroatoms. The van der Waals surface area contributed by atoms with Gasteiger partial charge in [0.1, 0.15) is 0 Å². The third-order valence-corrected chi connectivity index (χ3v) is 4.65. The van der Waals surface area contributed by atoms with Gasteiger partial charge in [-0.1, -0.05) is 5.16 Å². The summed E-state index contributed by atoms with van der Waals surface area (Å²) in [7, 11) is 0. The number of amides is 1. The van der Waals surface area contributed by atoms with Gasteiger partial charge in [0.25, 0.3) is 5.91 Å². The van der Waals surface area contributed by atoms with Crippen molar-refractivity contribution in [1.29, 1.82) is 0 Å². The first-order valence-electron chi connectivity index (χ1n) is 9.44. The highest BCUT2D eigenvalue weighted by molar-refractivity contribution is 5.92. The Bertz CT molecular complexity index is 950. The molecule has 144 valence electrons. The summed E-state index contributed by atoms with van der Waals surface area (Å²) < 4.78 is 5.26. The van der Waals surface area contributed by atoms with E-state index < -0.39 is 0 Å². The predicted octanol–water partition coefficient (Wildman–Crippen LogP) is 2.76. The van der Waals surface area contributed by atoms with Gasteiger partial charge in [-0.25, -0.2) is 9.97 Å². The number of anilines is 1. The van der Waals surface area contributed by atoms with Crippen LogP contribution in [0.2, 0.25) is 0 Å². The van der Waals surface area contributed by atoms with Gasteiger partial charge in [-0.3, -0.25) is 9.78 Å². The monoisotopic (exact) mass is 378 g/mol. The summed E-state index contributed by atoms with van der Waals surface area (Å²) in [5, 5.41) is 6.71. The van der Waals surface area contributed by atoms with Crippen molar-refractivity contribution in [1.82, 2.24) is 25.4 Å². The number of hydrogen-bond acceptors (Lipinski definition) is 7. The molecule has 0 atom stereocenters. The molecular formula is C20H22N6O2. The Balaban J connectivity index is 1.42. The first kappa shape index (κ1) is 18.1. The van der Waals surface area contributed by atoms with Crippen molar-refractivity contribution in [2.75, 3.05) is 18.0 Å². The molecule has 3 aromatic heterocycles. The number of pyridine rings is 1. The predicted molar refractivity (Wildman–Crippen MR) is 104 cm³/mol. The Hall–Kier alpha value is -3.29. The highest BCUT2D eigenvalue weighted by atomic mass is 16.5. The van der Waals surface area contributed by atoms with Gasteiger partial charge in [0.05, 0.1) is 12.2 Å². The van der Waals surface area contributed by atoms with Gasteiger partial charge >= 0.3 is 0 Å². The van der Waals surface area contributed by atoms with Crippen molar-refractivity contribution in [3.8, 4) is 11.3 Å². The van der Waals surface area contributed by atoms with E-state index in [4.69, 9.17) is 4.52 Å². The third-order valence-electron chi connectivity index (χ3n) is 4.65. The molecule has 8 nitrogen and oxygen atoms in total. The minimum absolute atomic E-state index is 0.223. The molecule has 28 heavy (non-hydrogen) atoms. The van der Waals surface area contributed by atoms with Gasteiger partial charge < -0.3 is 14.7 Å². The molecule has 1 fully saturated rings. The molecule has 0 bridgehead atoms. The Morgan fingerprint density at radius 1 is 1.21 bits per heavy atom. The van der Waals surface area contributed by atoms with Crippen LogP contribution >= 0.6 is 0 Å². The zero-order chi connectivity index (χ0) is 19.3.